The molecule has 1 N–H and O–H groups in total. The van der Waals surface area contributed by atoms with Gasteiger partial charge in [-0.25, -0.2) is 9.67 Å². The molecule has 2 aromatic heterocycles. The van der Waals surface area contributed by atoms with Crippen molar-refractivity contribution in [3.05, 3.63) is 72.6 Å². The summed E-state index contributed by atoms with van der Waals surface area (Å²) < 4.78 is 1.81. The van der Waals surface area contributed by atoms with Gasteiger partial charge in [-0.05, 0) is 42.3 Å². The molecule has 0 bridgehead atoms. The minimum atomic E-state index is 0.245. The summed E-state index contributed by atoms with van der Waals surface area (Å²) in [4.78, 5) is 7.98. The molecule has 0 aliphatic heterocycles. The van der Waals surface area contributed by atoms with Crippen LogP contribution < -0.4 is 5.32 Å². The van der Waals surface area contributed by atoms with E-state index in [1.807, 2.05) is 29.2 Å². The van der Waals surface area contributed by atoms with Crippen molar-refractivity contribution in [3.63, 3.8) is 0 Å². The zero-order valence-electron chi connectivity index (χ0n) is 11.8. The van der Waals surface area contributed by atoms with Crippen LogP contribution in [0.2, 0.25) is 0 Å². The maximum Gasteiger partial charge on any atom is 0.137 e. The molecule has 5 heteroatoms. The van der Waals surface area contributed by atoms with E-state index in [4.69, 9.17) is 0 Å². The second-order valence-corrected chi connectivity index (χ2v) is 4.94. The van der Waals surface area contributed by atoms with E-state index in [0.29, 0.717) is 0 Å². The van der Waals surface area contributed by atoms with E-state index in [1.165, 1.54) is 11.1 Å². The first-order valence-corrected chi connectivity index (χ1v) is 6.89. The molecule has 0 aliphatic carbocycles. The van der Waals surface area contributed by atoms with Crippen LogP contribution in [0.15, 0.2) is 61.4 Å². The summed E-state index contributed by atoms with van der Waals surface area (Å²) in [7, 11) is 0. The van der Waals surface area contributed by atoms with Gasteiger partial charge in [-0.15, -0.1) is 0 Å². The van der Waals surface area contributed by atoms with Gasteiger partial charge in [0.25, 0.3) is 0 Å². The molecular formula is C16H17N5. The first-order valence-electron chi connectivity index (χ1n) is 6.89. The lowest BCUT2D eigenvalue weighted by Crippen LogP contribution is -2.06. The van der Waals surface area contributed by atoms with Gasteiger partial charge in [-0.2, -0.15) is 5.10 Å². The molecule has 0 saturated heterocycles. The van der Waals surface area contributed by atoms with Crippen LogP contribution in [0.1, 0.15) is 24.1 Å². The second kappa shape index (κ2) is 6.17. The summed E-state index contributed by atoms with van der Waals surface area (Å²) in [5.41, 5.74) is 3.51. The summed E-state index contributed by atoms with van der Waals surface area (Å²) >= 11 is 0. The fourth-order valence-corrected chi connectivity index (χ4v) is 2.19. The van der Waals surface area contributed by atoms with Crippen LogP contribution in [0.5, 0.6) is 0 Å². The van der Waals surface area contributed by atoms with Crippen molar-refractivity contribution in [2.45, 2.75) is 19.5 Å². The minimum Gasteiger partial charge on any atom is -0.379 e. The first-order chi connectivity index (χ1) is 10.3. The molecule has 3 aromatic rings. The number of rotatable bonds is 5. The molecule has 106 valence electrons. The zero-order valence-corrected chi connectivity index (χ0v) is 11.8. The van der Waals surface area contributed by atoms with Crippen LogP contribution in [-0.4, -0.2) is 19.7 Å². The van der Waals surface area contributed by atoms with Gasteiger partial charge in [0.05, 0.1) is 6.54 Å². The normalized spacial score (nSPS) is 12.0. The van der Waals surface area contributed by atoms with E-state index in [1.54, 1.807) is 12.7 Å². The Morgan fingerprint density at radius 1 is 1.05 bits per heavy atom. The summed E-state index contributed by atoms with van der Waals surface area (Å²) in [6.07, 6.45) is 6.90. The lowest BCUT2D eigenvalue weighted by molar-refractivity contribution is 0.685. The van der Waals surface area contributed by atoms with E-state index < -0.39 is 0 Å². The fraction of sp³-hybridized carbons (Fsp3) is 0.188. The Morgan fingerprint density at radius 3 is 2.48 bits per heavy atom. The largest absolute Gasteiger partial charge is 0.379 e. The van der Waals surface area contributed by atoms with E-state index in [0.717, 1.165) is 12.2 Å². The highest BCUT2D eigenvalue weighted by Gasteiger charge is 2.04. The maximum absolute atomic E-state index is 4.11. The molecule has 1 aromatic carbocycles. The van der Waals surface area contributed by atoms with Gasteiger partial charge in [0.1, 0.15) is 12.7 Å². The first kappa shape index (κ1) is 13.3. The molecule has 5 nitrogen and oxygen atoms in total. The van der Waals surface area contributed by atoms with Crippen LogP contribution >= 0.6 is 0 Å². The van der Waals surface area contributed by atoms with Crippen molar-refractivity contribution in [3.8, 4) is 0 Å². The monoisotopic (exact) mass is 279 g/mol. The van der Waals surface area contributed by atoms with Crippen LogP contribution in [0.3, 0.4) is 0 Å². The highest BCUT2D eigenvalue weighted by molar-refractivity contribution is 5.46. The minimum absolute atomic E-state index is 0.245. The lowest BCUT2D eigenvalue weighted by Gasteiger charge is -2.15. The molecule has 0 saturated carbocycles. The Balaban J connectivity index is 1.64. The molecule has 0 radical (unpaired) electrons. The number of hydrogen-bond acceptors (Lipinski definition) is 4. The van der Waals surface area contributed by atoms with Gasteiger partial charge in [0.2, 0.25) is 0 Å². The van der Waals surface area contributed by atoms with Gasteiger partial charge in [-0.3, -0.25) is 4.98 Å². The summed E-state index contributed by atoms with van der Waals surface area (Å²) in [5, 5.41) is 7.59. The number of nitrogens with zero attached hydrogens (tertiary/aromatic N) is 4. The SMILES string of the molecule is CC(Nc1ccc(Cn2cncn2)cc1)c1ccncc1. The average molecular weight is 279 g/mol. The Morgan fingerprint density at radius 2 is 1.81 bits per heavy atom. The third-order valence-electron chi connectivity index (χ3n) is 3.35. The number of nitrogens with one attached hydrogen (secondary N) is 1. The third kappa shape index (κ3) is 3.45. The van der Waals surface area contributed by atoms with Crippen molar-refractivity contribution < 1.29 is 0 Å². The van der Waals surface area contributed by atoms with Crippen LogP contribution in [0.4, 0.5) is 5.69 Å². The van der Waals surface area contributed by atoms with E-state index in [9.17, 15) is 0 Å². The van der Waals surface area contributed by atoms with Crippen LogP contribution in [0, 0.1) is 0 Å². The summed E-state index contributed by atoms with van der Waals surface area (Å²) in [5.74, 6) is 0. The molecule has 0 spiro atoms. The molecule has 0 aliphatic rings. The number of hydrogen-bond donors (Lipinski definition) is 1. The zero-order chi connectivity index (χ0) is 14.5. The van der Waals surface area contributed by atoms with E-state index in [2.05, 4.69) is 51.6 Å². The van der Waals surface area contributed by atoms with Crippen molar-refractivity contribution in [2.24, 2.45) is 0 Å². The Hall–Kier alpha value is -2.69. The number of benzene rings is 1. The Kier molecular flexibility index (Phi) is 3.91. The molecular weight excluding hydrogens is 262 g/mol. The quantitative estimate of drug-likeness (QED) is 0.780. The number of aromatic nitrogens is 4. The van der Waals surface area contributed by atoms with Crippen LogP contribution in [-0.2, 0) is 6.54 Å². The standard InChI is InChI=1S/C16H17N5/c1-13(15-6-8-17-9-7-15)20-16-4-2-14(3-5-16)10-21-12-18-11-19-21/h2-9,11-13,20H,10H2,1H3. The van der Waals surface area contributed by atoms with Gasteiger partial charge < -0.3 is 5.32 Å². The molecule has 1 unspecified atom stereocenters. The van der Waals surface area contributed by atoms with Crippen molar-refractivity contribution in [1.29, 1.82) is 0 Å². The maximum atomic E-state index is 4.11. The number of pyridine rings is 1. The van der Waals surface area contributed by atoms with Crippen molar-refractivity contribution in [1.82, 2.24) is 19.7 Å². The highest BCUT2D eigenvalue weighted by Crippen LogP contribution is 2.19. The second-order valence-electron chi connectivity index (χ2n) is 4.94. The topological polar surface area (TPSA) is 55.6 Å². The lowest BCUT2D eigenvalue weighted by atomic mass is 10.1. The predicted molar refractivity (Wildman–Crippen MR) is 81.8 cm³/mol. The van der Waals surface area contributed by atoms with Crippen molar-refractivity contribution >= 4 is 5.69 Å². The molecule has 2 heterocycles. The predicted octanol–water partition coefficient (Wildman–Crippen LogP) is 2.89. The smallest absolute Gasteiger partial charge is 0.137 e. The van der Waals surface area contributed by atoms with Gasteiger partial charge in [-0.1, -0.05) is 12.1 Å². The summed E-state index contributed by atoms with van der Waals surface area (Å²) in [6, 6.07) is 12.7. The van der Waals surface area contributed by atoms with Crippen molar-refractivity contribution in [2.75, 3.05) is 5.32 Å². The number of anilines is 1. The molecule has 3 rings (SSSR count). The third-order valence-corrected chi connectivity index (χ3v) is 3.35. The van der Waals surface area contributed by atoms with Gasteiger partial charge in [0, 0.05) is 24.1 Å². The molecule has 21 heavy (non-hydrogen) atoms. The van der Waals surface area contributed by atoms with Crippen LogP contribution in [0.25, 0.3) is 0 Å². The van der Waals surface area contributed by atoms with E-state index >= 15 is 0 Å². The summed E-state index contributed by atoms with van der Waals surface area (Å²) in [6.45, 7) is 2.87. The van der Waals surface area contributed by atoms with Gasteiger partial charge in [0.15, 0.2) is 0 Å². The molecule has 0 fully saturated rings. The van der Waals surface area contributed by atoms with Gasteiger partial charge >= 0.3 is 0 Å². The highest BCUT2D eigenvalue weighted by atomic mass is 15.3. The molecule has 1 atom stereocenters. The molecule has 0 amide bonds. The Labute approximate surface area is 123 Å². The fourth-order valence-electron chi connectivity index (χ4n) is 2.19. The van der Waals surface area contributed by atoms with E-state index in [-0.39, 0.29) is 6.04 Å². The average Bonchev–Trinajstić information content (AvgIpc) is 3.03. The Bertz CT molecular complexity index is 662.